The van der Waals surface area contributed by atoms with Crippen LogP contribution < -0.4 is 15.8 Å². The summed E-state index contributed by atoms with van der Waals surface area (Å²) in [5.41, 5.74) is 5.82. The molecule has 7 heteroatoms. The fourth-order valence-electron chi connectivity index (χ4n) is 1.74. The number of para-hydroxylation sites is 2. The molecule has 0 radical (unpaired) electrons. The van der Waals surface area contributed by atoms with E-state index in [2.05, 4.69) is 28.9 Å². The van der Waals surface area contributed by atoms with Gasteiger partial charge in [-0.1, -0.05) is 38.8 Å². The van der Waals surface area contributed by atoms with E-state index in [0.29, 0.717) is 12.5 Å². The number of alkyl halides is 3. The van der Waals surface area contributed by atoms with Gasteiger partial charge in [-0.3, -0.25) is 4.99 Å². The Balaban J connectivity index is 2.76. The average molecular weight is 303 g/mol. The lowest BCUT2D eigenvalue weighted by molar-refractivity contribution is -0.274. The summed E-state index contributed by atoms with van der Waals surface area (Å²) in [6.45, 7) is 4.65. The van der Waals surface area contributed by atoms with Crippen LogP contribution in [0.2, 0.25) is 0 Å². The van der Waals surface area contributed by atoms with Crippen LogP contribution in [-0.4, -0.2) is 18.9 Å². The Hall–Kier alpha value is -1.92. The summed E-state index contributed by atoms with van der Waals surface area (Å²) in [7, 11) is 0. The zero-order chi connectivity index (χ0) is 15.9. The first-order valence-electron chi connectivity index (χ1n) is 6.77. The highest BCUT2D eigenvalue weighted by molar-refractivity contribution is 5.93. The zero-order valence-electron chi connectivity index (χ0n) is 12.1. The van der Waals surface area contributed by atoms with E-state index >= 15 is 0 Å². The molecule has 21 heavy (non-hydrogen) atoms. The summed E-state index contributed by atoms with van der Waals surface area (Å²) in [4.78, 5) is 4.15. The second-order valence-electron chi connectivity index (χ2n) is 4.58. The van der Waals surface area contributed by atoms with Crippen LogP contribution in [-0.2, 0) is 0 Å². The van der Waals surface area contributed by atoms with Gasteiger partial charge in [0, 0.05) is 6.54 Å². The number of anilines is 1. The van der Waals surface area contributed by atoms with Gasteiger partial charge in [0.05, 0.1) is 5.69 Å². The number of nitrogens with zero attached hydrogens (tertiary/aromatic N) is 1. The highest BCUT2D eigenvalue weighted by atomic mass is 19.4. The van der Waals surface area contributed by atoms with Crippen molar-refractivity contribution in [2.24, 2.45) is 16.6 Å². The molecule has 0 fully saturated rings. The molecular formula is C14H20F3N3O. The lowest BCUT2D eigenvalue weighted by Gasteiger charge is -2.14. The van der Waals surface area contributed by atoms with E-state index in [-0.39, 0.29) is 17.4 Å². The van der Waals surface area contributed by atoms with Crippen molar-refractivity contribution < 1.29 is 17.9 Å². The maximum Gasteiger partial charge on any atom is 0.573 e. The van der Waals surface area contributed by atoms with Gasteiger partial charge in [0.25, 0.3) is 0 Å². The van der Waals surface area contributed by atoms with Crippen molar-refractivity contribution in [3.63, 3.8) is 0 Å². The molecule has 3 N–H and O–H groups in total. The molecule has 0 heterocycles. The van der Waals surface area contributed by atoms with Gasteiger partial charge >= 0.3 is 6.36 Å². The maximum atomic E-state index is 12.3. The Bertz CT molecular complexity index is 471. The third-order valence-electron chi connectivity index (χ3n) is 3.05. The Morgan fingerprint density at radius 2 is 1.90 bits per heavy atom. The molecule has 0 bridgehead atoms. The van der Waals surface area contributed by atoms with Crippen molar-refractivity contribution in [2.45, 2.75) is 33.1 Å². The Morgan fingerprint density at radius 1 is 1.29 bits per heavy atom. The minimum absolute atomic E-state index is 0.0696. The normalized spacial score (nSPS) is 12.6. The largest absolute Gasteiger partial charge is 0.573 e. The molecule has 1 rings (SSSR count). The molecule has 0 aliphatic heterocycles. The summed E-state index contributed by atoms with van der Waals surface area (Å²) in [5.74, 6) is 0.137. The number of nitrogens with two attached hydrogens (primary N) is 1. The first-order chi connectivity index (χ1) is 9.85. The predicted octanol–water partition coefficient (Wildman–Crippen LogP) is 3.75. The number of nitrogens with one attached hydrogen (secondary N) is 1. The van der Waals surface area contributed by atoms with Crippen LogP contribution in [0, 0.1) is 5.92 Å². The molecular weight excluding hydrogens is 283 g/mol. The second kappa shape index (κ2) is 7.75. The van der Waals surface area contributed by atoms with Gasteiger partial charge < -0.3 is 15.8 Å². The van der Waals surface area contributed by atoms with Gasteiger partial charge in [-0.05, 0) is 18.1 Å². The highest BCUT2D eigenvalue weighted by Gasteiger charge is 2.32. The molecule has 0 atom stereocenters. The first kappa shape index (κ1) is 17.1. The van der Waals surface area contributed by atoms with Gasteiger partial charge in [-0.25, -0.2) is 0 Å². The lowest BCUT2D eigenvalue weighted by Crippen LogP contribution is -2.25. The predicted molar refractivity (Wildman–Crippen MR) is 77.3 cm³/mol. The number of benzene rings is 1. The third-order valence-corrected chi connectivity index (χ3v) is 3.05. The van der Waals surface area contributed by atoms with Crippen LogP contribution in [0.3, 0.4) is 0 Å². The standard InChI is InChI=1S/C14H20F3N3O/c1-3-10(4-2)9-19-13(18)20-11-7-5-6-8-12(11)21-14(15,16)17/h5-8,10H,3-4,9H2,1-2H3,(H3,18,19,20). The molecule has 0 saturated carbocycles. The van der Waals surface area contributed by atoms with E-state index in [9.17, 15) is 13.2 Å². The van der Waals surface area contributed by atoms with Crippen molar-refractivity contribution in [2.75, 3.05) is 11.9 Å². The average Bonchev–Trinajstić information content (AvgIpc) is 2.40. The molecule has 1 aromatic carbocycles. The molecule has 0 saturated heterocycles. The molecule has 118 valence electrons. The Kier molecular flexibility index (Phi) is 6.33. The van der Waals surface area contributed by atoms with Crippen molar-refractivity contribution >= 4 is 11.6 Å². The summed E-state index contributed by atoms with van der Waals surface area (Å²) in [6.07, 6.45) is -2.80. The number of hydrogen-bond acceptors (Lipinski definition) is 2. The summed E-state index contributed by atoms with van der Waals surface area (Å²) < 4.78 is 40.8. The minimum atomic E-state index is -4.75. The molecule has 1 aromatic rings. The topological polar surface area (TPSA) is 59.6 Å². The number of ether oxygens (including phenoxy) is 1. The van der Waals surface area contributed by atoms with Gasteiger partial charge in [0.1, 0.15) is 0 Å². The van der Waals surface area contributed by atoms with E-state index < -0.39 is 6.36 Å². The van der Waals surface area contributed by atoms with Crippen molar-refractivity contribution in [3.05, 3.63) is 24.3 Å². The molecule has 0 aliphatic carbocycles. The Morgan fingerprint density at radius 3 is 2.48 bits per heavy atom. The summed E-state index contributed by atoms with van der Waals surface area (Å²) in [5, 5.41) is 2.64. The minimum Gasteiger partial charge on any atom is -0.404 e. The molecule has 0 unspecified atom stereocenters. The van der Waals surface area contributed by atoms with Gasteiger partial charge in [0.2, 0.25) is 0 Å². The second-order valence-corrected chi connectivity index (χ2v) is 4.58. The lowest BCUT2D eigenvalue weighted by atomic mass is 10.0. The maximum absolute atomic E-state index is 12.3. The molecule has 0 spiro atoms. The van der Waals surface area contributed by atoms with Crippen LogP contribution in [0.15, 0.2) is 29.3 Å². The SMILES string of the molecule is CCC(CC)CN=C(N)Nc1ccccc1OC(F)(F)F. The van der Waals surface area contributed by atoms with E-state index in [4.69, 9.17) is 5.73 Å². The smallest absolute Gasteiger partial charge is 0.404 e. The van der Waals surface area contributed by atoms with Crippen LogP contribution in [0.5, 0.6) is 5.75 Å². The molecule has 0 aromatic heterocycles. The van der Waals surface area contributed by atoms with Crippen LogP contribution in [0.25, 0.3) is 0 Å². The van der Waals surface area contributed by atoms with Crippen LogP contribution in [0.1, 0.15) is 26.7 Å². The van der Waals surface area contributed by atoms with Gasteiger partial charge in [-0.15, -0.1) is 13.2 Å². The number of aliphatic imine (C=N–C) groups is 1. The quantitative estimate of drug-likeness (QED) is 0.621. The van der Waals surface area contributed by atoms with Crippen molar-refractivity contribution in [1.82, 2.24) is 0 Å². The Labute approximate surface area is 122 Å². The number of hydrogen-bond donors (Lipinski definition) is 2. The fraction of sp³-hybridized carbons (Fsp3) is 0.500. The summed E-state index contributed by atoms with van der Waals surface area (Å²) >= 11 is 0. The monoisotopic (exact) mass is 303 g/mol. The number of rotatable bonds is 6. The highest BCUT2D eigenvalue weighted by Crippen LogP contribution is 2.29. The van der Waals surface area contributed by atoms with Gasteiger partial charge in [0.15, 0.2) is 11.7 Å². The molecule has 4 nitrogen and oxygen atoms in total. The summed E-state index contributed by atoms with van der Waals surface area (Å²) in [6, 6.07) is 5.69. The van der Waals surface area contributed by atoms with E-state index in [1.807, 2.05) is 0 Å². The third kappa shape index (κ3) is 6.37. The van der Waals surface area contributed by atoms with Crippen LogP contribution in [0.4, 0.5) is 18.9 Å². The van der Waals surface area contributed by atoms with E-state index in [0.717, 1.165) is 12.8 Å². The first-order valence-corrected chi connectivity index (χ1v) is 6.77. The van der Waals surface area contributed by atoms with Gasteiger partial charge in [-0.2, -0.15) is 0 Å². The molecule has 0 amide bonds. The number of halogens is 3. The van der Waals surface area contributed by atoms with Crippen molar-refractivity contribution in [1.29, 1.82) is 0 Å². The van der Waals surface area contributed by atoms with Crippen LogP contribution >= 0.6 is 0 Å². The number of guanidine groups is 1. The van der Waals surface area contributed by atoms with Crippen molar-refractivity contribution in [3.8, 4) is 5.75 Å². The molecule has 0 aliphatic rings. The fourth-order valence-corrected chi connectivity index (χ4v) is 1.74. The van der Waals surface area contributed by atoms with E-state index in [1.165, 1.54) is 18.2 Å². The van der Waals surface area contributed by atoms with E-state index in [1.54, 1.807) is 6.07 Å². The zero-order valence-corrected chi connectivity index (χ0v) is 12.1.